The van der Waals surface area contributed by atoms with E-state index in [0.29, 0.717) is 12.6 Å². The number of furan rings is 1. The van der Waals surface area contributed by atoms with E-state index in [-0.39, 0.29) is 10.6 Å². The van der Waals surface area contributed by atoms with Crippen LogP contribution in [-0.2, 0) is 13.0 Å². The molecule has 0 spiro atoms. The number of rotatable bonds is 7. The van der Waals surface area contributed by atoms with Crippen molar-refractivity contribution >= 4 is 5.69 Å². The molecule has 0 aliphatic rings. The quantitative estimate of drug-likeness (QED) is 0.624. The molecule has 0 aliphatic carbocycles. The van der Waals surface area contributed by atoms with E-state index in [1.807, 2.05) is 18.2 Å². The lowest BCUT2D eigenvalue weighted by Crippen LogP contribution is -2.26. The highest BCUT2D eigenvalue weighted by atomic mass is 16.6. The van der Waals surface area contributed by atoms with Gasteiger partial charge in [-0.1, -0.05) is 12.1 Å². The van der Waals surface area contributed by atoms with Crippen LogP contribution in [-0.4, -0.2) is 11.0 Å². The van der Waals surface area contributed by atoms with Crippen LogP contribution in [0.5, 0.6) is 0 Å². The standard InChI is InChI=1S/C16H20N2O3/c1-12(8-9-15-6-4-10-21-15)17-11-14-5-3-7-16(13(14)2)18(19)20/h3-7,10,12,17H,8-9,11H2,1-2H3. The lowest BCUT2D eigenvalue weighted by Gasteiger charge is -2.14. The van der Waals surface area contributed by atoms with Gasteiger partial charge in [-0.05, 0) is 38.0 Å². The fraction of sp³-hybridized carbons (Fsp3) is 0.375. The van der Waals surface area contributed by atoms with E-state index in [2.05, 4.69) is 12.2 Å². The van der Waals surface area contributed by atoms with Gasteiger partial charge in [0.15, 0.2) is 0 Å². The normalized spacial score (nSPS) is 12.3. The minimum absolute atomic E-state index is 0.178. The van der Waals surface area contributed by atoms with Crippen LogP contribution in [0.25, 0.3) is 0 Å². The van der Waals surface area contributed by atoms with Crippen molar-refractivity contribution in [2.75, 3.05) is 0 Å². The minimum Gasteiger partial charge on any atom is -0.469 e. The summed E-state index contributed by atoms with van der Waals surface area (Å²) >= 11 is 0. The maximum absolute atomic E-state index is 10.9. The van der Waals surface area contributed by atoms with Crippen molar-refractivity contribution in [2.45, 2.75) is 39.3 Å². The van der Waals surface area contributed by atoms with Gasteiger partial charge in [0.05, 0.1) is 11.2 Å². The summed E-state index contributed by atoms with van der Waals surface area (Å²) in [5.74, 6) is 0.982. The molecule has 1 atom stereocenters. The molecule has 0 amide bonds. The molecule has 1 aromatic carbocycles. The monoisotopic (exact) mass is 288 g/mol. The Kier molecular flexibility index (Phi) is 5.11. The van der Waals surface area contributed by atoms with Crippen LogP contribution >= 0.6 is 0 Å². The zero-order valence-corrected chi connectivity index (χ0v) is 12.3. The second kappa shape index (κ2) is 7.04. The van der Waals surface area contributed by atoms with E-state index in [1.165, 1.54) is 0 Å². The van der Waals surface area contributed by atoms with Crippen LogP contribution in [0.1, 0.15) is 30.2 Å². The summed E-state index contributed by atoms with van der Waals surface area (Å²) < 4.78 is 5.31. The molecule has 0 aliphatic heterocycles. The number of aryl methyl sites for hydroxylation is 1. The highest BCUT2D eigenvalue weighted by molar-refractivity contribution is 5.44. The van der Waals surface area contributed by atoms with Crippen LogP contribution in [0.4, 0.5) is 5.69 Å². The molecular weight excluding hydrogens is 268 g/mol. The predicted molar refractivity (Wildman–Crippen MR) is 81.2 cm³/mol. The van der Waals surface area contributed by atoms with Crippen molar-refractivity contribution in [3.63, 3.8) is 0 Å². The highest BCUT2D eigenvalue weighted by Gasteiger charge is 2.13. The van der Waals surface area contributed by atoms with E-state index >= 15 is 0 Å². The Hall–Kier alpha value is -2.14. The van der Waals surface area contributed by atoms with Gasteiger partial charge in [-0.2, -0.15) is 0 Å². The number of nitro benzene ring substituents is 1. The number of hydrogen-bond acceptors (Lipinski definition) is 4. The van der Waals surface area contributed by atoms with Crippen LogP contribution in [0.15, 0.2) is 41.0 Å². The van der Waals surface area contributed by atoms with E-state index in [0.717, 1.165) is 29.7 Å². The molecule has 21 heavy (non-hydrogen) atoms. The number of hydrogen-bond donors (Lipinski definition) is 1. The molecule has 1 aromatic heterocycles. The second-order valence-electron chi connectivity index (χ2n) is 5.22. The average molecular weight is 288 g/mol. The SMILES string of the molecule is Cc1c(CNC(C)CCc2ccco2)cccc1[N+](=O)[O-]. The summed E-state index contributed by atoms with van der Waals surface area (Å²) in [4.78, 5) is 10.6. The summed E-state index contributed by atoms with van der Waals surface area (Å²) in [6.45, 7) is 4.53. The topological polar surface area (TPSA) is 68.3 Å². The first-order valence-corrected chi connectivity index (χ1v) is 7.06. The van der Waals surface area contributed by atoms with Crippen molar-refractivity contribution < 1.29 is 9.34 Å². The molecule has 0 saturated carbocycles. The first-order chi connectivity index (χ1) is 10.1. The van der Waals surface area contributed by atoms with Crippen molar-refractivity contribution in [3.05, 3.63) is 63.6 Å². The van der Waals surface area contributed by atoms with E-state index in [4.69, 9.17) is 4.42 Å². The second-order valence-corrected chi connectivity index (χ2v) is 5.22. The third-order valence-electron chi connectivity index (χ3n) is 3.66. The largest absolute Gasteiger partial charge is 0.469 e. The first-order valence-electron chi connectivity index (χ1n) is 7.06. The van der Waals surface area contributed by atoms with Crippen molar-refractivity contribution in [3.8, 4) is 0 Å². The Labute approximate surface area is 124 Å². The summed E-state index contributed by atoms with van der Waals surface area (Å²) in [5.41, 5.74) is 1.87. The van der Waals surface area contributed by atoms with Gasteiger partial charge < -0.3 is 9.73 Å². The fourth-order valence-corrected chi connectivity index (χ4v) is 2.26. The molecule has 1 unspecified atom stereocenters. The maximum atomic E-state index is 10.9. The van der Waals surface area contributed by atoms with Crippen LogP contribution < -0.4 is 5.32 Å². The third kappa shape index (κ3) is 4.16. The first kappa shape index (κ1) is 15.3. The van der Waals surface area contributed by atoms with Crippen LogP contribution in [0.3, 0.4) is 0 Å². The fourth-order valence-electron chi connectivity index (χ4n) is 2.26. The molecular formula is C16H20N2O3. The smallest absolute Gasteiger partial charge is 0.272 e. The van der Waals surface area contributed by atoms with E-state index in [9.17, 15) is 10.1 Å². The molecule has 2 rings (SSSR count). The third-order valence-corrected chi connectivity index (χ3v) is 3.66. The average Bonchev–Trinajstić information content (AvgIpc) is 2.97. The van der Waals surface area contributed by atoms with Crippen LogP contribution in [0, 0.1) is 17.0 Å². The highest BCUT2D eigenvalue weighted by Crippen LogP contribution is 2.21. The molecule has 0 saturated heterocycles. The lowest BCUT2D eigenvalue weighted by atomic mass is 10.1. The Morgan fingerprint density at radius 2 is 2.14 bits per heavy atom. The molecule has 1 N–H and O–H groups in total. The number of benzene rings is 1. The van der Waals surface area contributed by atoms with Gasteiger partial charge in [0.25, 0.3) is 5.69 Å². The molecule has 5 nitrogen and oxygen atoms in total. The number of nitrogens with zero attached hydrogens (tertiary/aromatic N) is 1. The molecule has 5 heteroatoms. The maximum Gasteiger partial charge on any atom is 0.272 e. The lowest BCUT2D eigenvalue weighted by molar-refractivity contribution is -0.385. The molecule has 0 fully saturated rings. The van der Waals surface area contributed by atoms with E-state index < -0.39 is 0 Å². The zero-order valence-electron chi connectivity index (χ0n) is 12.3. The van der Waals surface area contributed by atoms with Gasteiger partial charge in [-0.15, -0.1) is 0 Å². The van der Waals surface area contributed by atoms with Gasteiger partial charge >= 0.3 is 0 Å². The van der Waals surface area contributed by atoms with Gasteiger partial charge in [0.1, 0.15) is 5.76 Å². The molecule has 0 radical (unpaired) electrons. The van der Waals surface area contributed by atoms with Crippen molar-refractivity contribution in [1.82, 2.24) is 5.32 Å². The zero-order chi connectivity index (χ0) is 15.2. The predicted octanol–water partition coefficient (Wildman–Crippen LogP) is 3.61. The van der Waals surface area contributed by atoms with Gasteiger partial charge in [-0.25, -0.2) is 0 Å². The number of nitro groups is 1. The Morgan fingerprint density at radius 1 is 1.33 bits per heavy atom. The van der Waals surface area contributed by atoms with Crippen LogP contribution in [0.2, 0.25) is 0 Å². The molecule has 112 valence electrons. The minimum atomic E-state index is -0.334. The van der Waals surface area contributed by atoms with Gasteiger partial charge in [0, 0.05) is 30.6 Å². The van der Waals surface area contributed by atoms with E-state index in [1.54, 1.807) is 25.3 Å². The Bertz CT molecular complexity index is 594. The molecule has 2 aromatic rings. The number of nitrogens with one attached hydrogen (secondary N) is 1. The molecule has 1 heterocycles. The summed E-state index contributed by atoms with van der Waals surface area (Å²) in [5, 5.41) is 14.3. The Morgan fingerprint density at radius 3 is 2.81 bits per heavy atom. The van der Waals surface area contributed by atoms with Crippen molar-refractivity contribution in [2.24, 2.45) is 0 Å². The summed E-state index contributed by atoms with van der Waals surface area (Å²) in [6, 6.07) is 9.37. The summed E-state index contributed by atoms with van der Waals surface area (Å²) in [7, 11) is 0. The summed E-state index contributed by atoms with van der Waals surface area (Å²) in [6.07, 6.45) is 3.52. The van der Waals surface area contributed by atoms with Crippen molar-refractivity contribution in [1.29, 1.82) is 0 Å². The molecule has 0 bridgehead atoms. The van der Waals surface area contributed by atoms with Gasteiger partial charge in [-0.3, -0.25) is 10.1 Å². The Balaban J connectivity index is 1.87. The van der Waals surface area contributed by atoms with Gasteiger partial charge in [0.2, 0.25) is 0 Å².